The maximum atomic E-state index is 11.3. The van der Waals surface area contributed by atoms with Crippen LogP contribution in [0.3, 0.4) is 0 Å². The standard InChI is InChI=1S/C20H25N3O5/c1-7-16(24)12-11(17(25)18(7)26-2)10-6-28-20-9-5-8-13(21-9)15(23(10)20)14(12)22-3-4-27-19(8)22/h8-10,13-15,19-21,24-25H,3-6H2,1-2H3/t8-,9-,10+,13+,14+,15+,19-,20+/m0/s1. The van der Waals surface area contributed by atoms with E-state index in [9.17, 15) is 10.2 Å². The Balaban J connectivity index is 1.54. The molecule has 5 fully saturated rings. The Bertz CT molecular complexity index is 893. The lowest BCUT2D eigenvalue weighted by atomic mass is 9.73. The predicted molar refractivity (Wildman–Crippen MR) is 97.2 cm³/mol. The first-order valence-electron chi connectivity index (χ1n) is 10.3. The van der Waals surface area contributed by atoms with E-state index in [0.717, 1.165) is 24.1 Å². The van der Waals surface area contributed by atoms with Crippen LogP contribution in [-0.2, 0) is 9.47 Å². The van der Waals surface area contributed by atoms with E-state index in [1.54, 1.807) is 0 Å². The summed E-state index contributed by atoms with van der Waals surface area (Å²) in [4.78, 5) is 4.89. The van der Waals surface area contributed by atoms with Crippen molar-refractivity contribution in [3.63, 3.8) is 0 Å². The number of phenolic OH excluding ortho intramolecular Hbond substituents is 2. The van der Waals surface area contributed by atoms with Crippen molar-refractivity contribution in [2.75, 3.05) is 26.9 Å². The lowest BCUT2D eigenvalue weighted by Gasteiger charge is -2.57. The van der Waals surface area contributed by atoms with Crippen molar-refractivity contribution in [3.05, 3.63) is 16.7 Å². The van der Waals surface area contributed by atoms with E-state index in [4.69, 9.17) is 14.2 Å². The van der Waals surface area contributed by atoms with E-state index in [0.29, 0.717) is 36.5 Å². The first-order chi connectivity index (χ1) is 13.6. The zero-order valence-corrected chi connectivity index (χ0v) is 16.0. The van der Waals surface area contributed by atoms with E-state index >= 15 is 0 Å². The molecule has 0 unspecified atom stereocenters. The van der Waals surface area contributed by atoms with Crippen molar-refractivity contribution in [2.24, 2.45) is 5.92 Å². The molecule has 0 spiro atoms. The molecule has 8 nitrogen and oxygen atoms in total. The number of fused-ring (bicyclic) bond motifs is 8. The van der Waals surface area contributed by atoms with Gasteiger partial charge in [0.25, 0.3) is 0 Å². The molecule has 6 aliphatic rings. The zero-order chi connectivity index (χ0) is 18.9. The fourth-order valence-corrected chi connectivity index (χ4v) is 7.19. The van der Waals surface area contributed by atoms with E-state index in [1.807, 2.05) is 6.92 Å². The highest BCUT2D eigenvalue weighted by Crippen LogP contribution is 2.62. The molecule has 6 heterocycles. The van der Waals surface area contributed by atoms with Gasteiger partial charge in [0.05, 0.1) is 32.4 Å². The van der Waals surface area contributed by atoms with Crippen LogP contribution in [-0.4, -0.2) is 77.5 Å². The Kier molecular flexibility index (Phi) is 2.97. The van der Waals surface area contributed by atoms with Gasteiger partial charge in [0.1, 0.15) is 18.2 Å². The topological polar surface area (TPSA) is 86.7 Å². The average Bonchev–Trinajstić information content (AvgIpc) is 3.40. The Morgan fingerprint density at radius 1 is 1.14 bits per heavy atom. The monoisotopic (exact) mass is 387 g/mol. The Labute approximate surface area is 163 Å². The van der Waals surface area contributed by atoms with Crippen LogP contribution >= 0.6 is 0 Å². The second-order valence-electron chi connectivity index (χ2n) is 9.00. The summed E-state index contributed by atoms with van der Waals surface area (Å²) in [5.74, 6) is 1.17. The first-order valence-corrected chi connectivity index (χ1v) is 10.3. The normalized spacial score (nSPS) is 45.2. The van der Waals surface area contributed by atoms with Crippen molar-refractivity contribution in [1.82, 2.24) is 15.1 Å². The SMILES string of the molecule is COc1c(C)c(O)c2c(c1O)[C@H]1CO[C@@H]3[C@@H]4C[C@H]5[C@@H](N4)[C@H]([C@@H]2N2CCO[C@@H]52)N13. The number of aromatic hydroxyl groups is 2. The number of rotatable bonds is 1. The number of piperidine rings is 1. The maximum absolute atomic E-state index is 11.3. The molecule has 8 atom stereocenters. The largest absolute Gasteiger partial charge is 0.507 e. The lowest BCUT2D eigenvalue weighted by molar-refractivity contribution is -0.132. The van der Waals surface area contributed by atoms with Crippen LogP contribution in [0.2, 0.25) is 0 Å². The highest BCUT2D eigenvalue weighted by atomic mass is 16.5. The van der Waals surface area contributed by atoms with Gasteiger partial charge in [-0.05, 0) is 13.3 Å². The van der Waals surface area contributed by atoms with Crippen LogP contribution < -0.4 is 10.1 Å². The maximum Gasteiger partial charge on any atom is 0.167 e. The van der Waals surface area contributed by atoms with Crippen molar-refractivity contribution in [2.45, 2.75) is 56.0 Å². The van der Waals surface area contributed by atoms with Gasteiger partial charge in [-0.1, -0.05) is 0 Å². The molecule has 3 N–H and O–H groups in total. The van der Waals surface area contributed by atoms with Crippen molar-refractivity contribution < 1.29 is 24.4 Å². The van der Waals surface area contributed by atoms with Crippen LogP contribution in [0.5, 0.6) is 17.2 Å². The summed E-state index contributed by atoms with van der Waals surface area (Å²) < 4.78 is 17.9. The van der Waals surface area contributed by atoms with Gasteiger partial charge in [-0.2, -0.15) is 0 Å². The van der Waals surface area contributed by atoms with Gasteiger partial charge in [-0.25, -0.2) is 0 Å². The molecule has 8 heteroatoms. The number of nitrogens with one attached hydrogen (secondary N) is 1. The number of hydrogen-bond acceptors (Lipinski definition) is 8. The van der Waals surface area contributed by atoms with Crippen LogP contribution in [0, 0.1) is 12.8 Å². The van der Waals surface area contributed by atoms with Crippen molar-refractivity contribution in [1.29, 1.82) is 0 Å². The number of benzene rings is 1. The van der Waals surface area contributed by atoms with Crippen molar-refractivity contribution in [3.8, 4) is 17.2 Å². The van der Waals surface area contributed by atoms with Gasteiger partial charge in [0.2, 0.25) is 0 Å². The Morgan fingerprint density at radius 2 is 2.00 bits per heavy atom. The molecular weight excluding hydrogens is 362 g/mol. The van der Waals surface area contributed by atoms with Gasteiger partial charge < -0.3 is 29.7 Å². The second kappa shape index (κ2) is 5.12. The minimum atomic E-state index is -0.0624. The number of nitrogens with zero attached hydrogens (tertiary/aromatic N) is 2. The molecule has 1 aromatic carbocycles. The summed E-state index contributed by atoms with van der Waals surface area (Å²) in [6.45, 7) is 3.88. The summed E-state index contributed by atoms with van der Waals surface area (Å²) in [7, 11) is 1.54. The molecule has 0 saturated carbocycles. The number of hydrogen-bond donors (Lipinski definition) is 3. The minimum Gasteiger partial charge on any atom is -0.507 e. The molecule has 28 heavy (non-hydrogen) atoms. The van der Waals surface area contributed by atoms with Crippen LogP contribution in [0.15, 0.2) is 0 Å². The van der Waals surface area contributed by atoms with Crippen LogP contribution in [0.4, 0.5) is 0 Å². The highest BCUT2D eigenvalue weighted by molar-refractivity contribution is 5.65. The van der Waals surface area contributed by atoms with E-state index in [-0.39, 0.29) is 48.1 Å². The second-order valence-corrected chi connectivity index (χ2v) is 9.00. The molecule has 150 valence electrons. The predicted octanol–water partition coefficient (Wildman–Crippen LogP) is 0.570. The molecule has 0 aromatic heterocycles. The molecule has 6 aliphatic heterocycles. The third-order valence-corrected chi connectivity index (χ3v) is 8.09. The number of piperazine rings is 1. The summed E-state index contributed by atoms with van der Waals surface area (Å²) in [6.07, 6.45) is 1.09. The first kappa shape index (κ1) is 16.2. The van der Waals surface area contributed by atoms with Gasteiger partial charge in [-0.3, -0.25) is 9.80 Å². The molecule has 5 saturated heterocycles. The minimum absolute atomic E-state index is 0.000711. The lowest BCUT2D eigenvalue weighted by Crippen LogP contribution is -2.71. The highest BCUT2D eigenvalue weighted by Gasteiger charge is 2.67. The summed E-state index contributed by atoms with van der Waals surface area (Å²) in [5, 5.41) is 26.3. The number of phenols is 2. The average molecular weight is 387 g/mol. The van der Waals surface area contributed by atoms with Crippen LogP contribution in [0.1, 0.15) is 35.2 Å². The fourth-order valence-electron chi connectivity index (χ4n) is 7.19. The van der Waals surface area contributed by atoms with Gasteiger partial charge >= 0.3 is 0 Å². The van der Waals surface area contributed by atoms with Gasteiger partial charge in [-0.15, -0.1) is 0 Å². The van der Waals surface area contributed by atoms with E-state index < -0.39 is 0 Å². The fraction of sp³-hybridized carbons (Fsp3) is 0.700. The third-order valence-electron chi connectivity index (χ3n) is 8.09. The van der Waals surface area contributed by atoms with Crippen LogP contribution in [0.25, 0.3) is 0 Å². The summed E-state index contributed by atoms with van der Waals surface area (Å²) in [5.41, 5.74) is 2.20. The quantitative estimate of drug-likeness (QED) is 0.603. The van der Waals surface area contributed by atoms with E-state index in [1.165, 1.54) is 7.11 Å². The van der Waals surface area contributed by atoms with Crippen molar-refractivity contribution >= 4 is 0 Å². The van der Waals surface area contributed by atoms with Gasteiger partial charge in [0, 0.05) is 47.3 Å². The summed E-state index contributed by atoms with van der Waals surface area (Å²) >= 11 is 0. The Morgan fingerprint density at radius 3 is 2.82 bits per heavy atom. The molecule has 7 rings (SSSR count). The number of ether oxygens (including phenoxy) is 3. The summed E-state index contributed by atoms with van der Waals surface area (Å²) in [6, 6.07) is 0.696. The number of methoxy groups -OCH3 is 1. The smallest absolute Gasteiger partial charge is 0.167 e. The van der Waals surface area contributed by atoms with E-state index in [2.05, 4.69) is 15.1 Å². The molecule has 0 aliphatic carbocycles. The molecule has 0 amide bonds. The molecule has 1 aromatic rings. The molecule has 2 bridgehead atoms. The molecule has 0 radical (unpaired) electrons. The Hall–Kier alpha value is -1.58. The zero-order valence-electron chi connectivity index (χ0n) is 16.0. The third kappa shape index (κ3) is 1.60. The molecular formula is C20H25N3O5. The van der Waals surface area contributed by atoms with Gasteiger partial charge in [0.15, 0.2) is 11.5 Å².